The zero-order chi connectivity index (χ0) is 17.9. The van der Waals surface area contributed by atoms with E-state index in [9.17, 15) is 22.0 Å². The first-order chi connectivity index (χ1) is 11.2. The molecule has 1 N–H and O–H groups in total. The number of nitrogens with one attached hydrogen (secondary N) is 1. The molecule has 0 spiro atoms. The molecule has 2 aromatic carbocycles. The number of hydrogen-bond acceptors (Lipinski definition) is 4. The van der Waals surface area contributed by atoms with Crippen molar-refractivity contribution in [2.24, 2.45) is 0 Å². The standard InChI is InChI=1S/C16H15F2NO4S/c1-10(2)23-16(20)11-3-6-13(7-4-11)19-24(21,22)15-9-12(17)5-8-14(15)18/h3-10,19H,1-2H3. The van der Waals surface area contributed by atoms with Crippen LogP contribution in [0.5, 0.6) is 0 Å². The van der Waals surface area contributed by atoms with Crippen LogP contribution in [0.3, 0.4) is 0 Å². The van der Waals surface area contributed by atoms with E-state index < -0.39 is 32.5 Å². The van der Waals surface area contributed by atoms with Crippen molar-refractivity contribution >= 4 is 21.7 Å². The number of esters is 1. The first kappa shape index (κ1) is 17.9. The van der Waals surface area contributed by atoms with E-state index in [4.69, 9.17) is 4.74 Å². The molecule has 0 radical (unpaired) electrons. The maximum absolute atomic E-state index is 13.6. The Hall–Kier alpha value is -2.48. The van der Waals surface area contributed by atoms with Crippen LogP contribution < -0.4 is 4.72 Å². The zero-order valence-electron chi connectivity index (χ0n) is 12.9. The molecular weight excluding hydrogens is 340 g/mol. The molecule has 5 nitrogen and oxygen atoms in total. The first-order valence-electron chi connectivity index (χ1n) is 6.98. The van der Waals surface area contributed by atoms with Gasteiger partial charge in [-0.3, -0.25) is 4.72 Å². The fourth-order valence-corrected chi connectivity index (χ4v) is 3.00. The second-order valence-electron chi connectivity index (χ2n) is 5.21. The molecule has 0 fully saturated rings. The summed E-state index contributed by atoms with van der Waals surface area (Å²) in [6.07, 6.45) is -0.286. The lowest BCUT2D eigenvalue weighted by Gasteiger charge is -2.10. The van der Waals surface area contributed by atoms with E-state index >= 15 is 0 Å². The van der Waals surface area contributed by atoms with Crippen LogP contribution in [-0.2, 0) is 14.8 Å². The quantitative estimate of drug-likeness (QED) is 0.835. The van der Waals surface area contributed by atoms with Crippen molar-refractivity contribution in [3.8, 4) is 0 Å². The lowest BCUT2D eigenvalue weighted by molar-refractivity contribution is 0.0378. The van der Waals surface area contributed by atoms with E-state index in [0.29, 0.717) is 6.07 Å². The highest BCUT2D eigenvalue weighted by Crippen LogP contribution is 2.20. The van der Waals surface area contributed by atoms with Crippen molar-refractivity contribution in [2.75, 3.05) is 4.72 Å². The molecule has 0 atom stereocenters. The molecule has 128 valence electrons. The highest BCUT2D eigenvalue weighted by molar-refractivity contribution is 7.92. The second-order valence-corrected chi connectivity index (χ2v) is 6.86. The van der Waals surface area contributed by atoms with Gasteiger partial charge in [0.15, 0.2) is 0 Å². The maximum Gasteiger partial charge on any atom is 0.338 e. The van der Waals surface area contributed by atoms with Crippen molar-refractivity contribution in [1.82, 2.24) is 0 Å². The molecule has 0 aliphatic carbocycles. The Morgan fingerprint density at radius 2 is 1.71 bits per heavy atom. The summed E-state index contributed by atoms with van der Waals surface area (Å²) in [5, 5.41) is 0. The van der Waals surface area contributed by atoms with E-state index in [1.165, 1.54) is 24.3 Å². The molecular formula is C16H15F2NO4S. The fourth-order valence-electron chi connectivity index (χ4n) is 1.85. The van der Waals surface area contributed by atoms with Crippen LogP contribution in [0, 0.1) is 11.6 Å². The van der Waals surface area contributed by atoms with Gasteiger partial charge in [0.1, 0.15) is 16.5 Å². The van der Waals surface area contributed by atoms with Crippen molar-refractivity contribution < 1.29 is 26.7 Å². The number of benzene rings is 2. The highest BCUT2D eigenvalue weighted by atomic mass is 32.2. The average molecular weight is 355 g/mol. The van der Waals surface area contributed by atoms with Crippen LogP contribution in [0.4, 0.5) is 14.5 Å². The average Bonchev–Trinajstić information content (AvgIpc) is 2.49. The number of ether oxygens (including phenoxy) is 1. The van der Waals surface area contributed by atoms with E-state index in [0.717, 1.165) is 12.1 Å². The van der Waals surface area contributed by atoms with E-state index in [1.54, 1.807) is 13.8 Å². The second kappa shape index (κ2) is 6.96. The Balaban J connectivity index is 2.21. The molecule has 0 aliphatic heterocycles. The molecule has 0 aliphatic rings. The van der Waals surface area contributed by atoms with Crippen LogP contribution >= 0.6 is 0 Å². The van der Waals surface area contributed by atoms with Crippen LogP contribution in [0.1, 0.15) is 24.2 Å². The fraction of sp³-hybridized carbons (Fsp3) is 0.188. The predicted octanol–water partition coefficient (Wildman–Crippen LogP) is 3.33. The van der Waals surface area contributed by atoms with Crippen molar-refractivity contribution in [3.63, 3.8) is 0 Å². The molecule has 0 amide bonds. The minimum absolute atomic E-state index is 0.0970. The van der Waals surface area contributed by atoms with Crippen LogP contribution in [0.2, 0.25) is 0 Å². The normalized spacial score (nSPS) is 11.4. The lowest BCUT2D eigenvalue weighted by Crippen LogP contribution is -2.15. The van der Waals surface area contributed by atoms with Gasteiger partial charge in [-0.05, 0) is 56.3 Å². The number of carbonyl (C=O) groups is 1. The topological polar surface area (TPSA) is 72.5 Å². The van der Waals surface area contributed by atoms with Gasteiger partial charge in [-0.25, -0.2) is 22.0 Å². The van der Waals surface area contributed by atoms with Gasteiger partial charge < -0.3 is 4.74 Å². The molecule has 0 unspecified atom stereocenters. The van der Waals surface area contributed by atoms with Crippen molar-refractivity contribution in [1.29, 1.82) is 0 Å². The third kappa shape index (κ3) is 4.29. The number of sulfonamides is 1. The number of anilines is 1. The number of carbonyl (C=O) groups excluding carboxylic acids is 1. The largest absolute Gasteiger partial charge is 0.459 e. The molecule has 2 rings (SSSR count). The number of rotatable bonds is 5. The summed E-state index contributed by atoms with van der Waals surface area (Å²) >= 11 is 0. The summed E-state index contributed by atoms with van der Waals surface area (Å²) in [6.45, 7) is 3.40. The monoisotopic (exact) mass is 355 g/mol. The summed E-state index contributed by atoms with van der Waals surface area (Å²) in [5.41, 5.74) is 0.336. The van der Waals surface area contributed by atoms with E-state index in [-0.39, 0.29) is 17.4 Å². The maximum atomic E-state index is 13.6. The van der Waals surface area contributed by atoms with Gasteiger partial charge in [-0.15, -0.1) is 0 Å². The SMILES string of the molecule is CC(C)OC(=O)c1ccc(NS(=O)(=O)c2cc(F)ccc2F)cc1. The van der Waals surface area contributed by atoms with Crippen molar-refractivity contribution in [3.05, 3.63) is 59.7 Å². The van der Waals surface area contributed by atoms with Gasteiger partial charge in [-0.2, -0.15) is 0 Å². The third-order valence-electron chi connectivity index (χ3n) is 2.90. The van der Waals surface area contributed by atoms with Crippen LogP contribution in [0.15, 0.2) is 47.4 Å². The lowest BCUT2D eigenvalue weighted by atomic mass is 10.2. The molecule has 0 heterocycles. The van der Waals surface area contributed by atoms with E-state index in [2.05, 4.69) is 4.72 Å². The molecule has 0 aromatic heterocycles. The smallest absolute Gasteiger partial charge is 0.338 e. The van der Waals surface area contributed by atoms with E-state index in [1.807, 2.05) is 0 Å². The van der Waals surface area contributed by atoms with Crippen LogP contribution in [-0.4, -0.2) is 20.5 Å². The van der Waals surface area contributed by atoms with Gasteiger partial charge >= 0.3 is 5.97 Å². The van der Waals surface area contributed by atoms with Crippen molar-refractivity contribution in [2.45, 2.75) is 24.8 Å². The number of halogens is 2. The third-order valence-corrected chi connectivity index (χ3v) is 4.29. The van der Waals surface area contributed by atoms with Gasteiger partial charge in [0.25, 0.3) is 10.0 Å². The summed E-state index contributed by atoms with van der Waals surface area (Å²) in [6, 6.07) is 7.52. The van der Waals surface area contributed by atoms with Gasteiger partial charge in [0.2, 0.25) is 0 Å². The molecule has 24 heavy (non-hydrogen) atoms. The summed E-state index contributed by atoms with van der Waals surface area (Å²) in [4.78, 5) is 10.9. The Bertz CT molecular complexity index is 849. The number of hydrogen-bond donors (Lipinski definition) is 1. The summed E-state index contributed by atoms with van der Waals surface area (Å²) in [5.74, 6) is -2.49. The Morgan fingerprint density at radius 1 is 1.08 bits per heavy atom. The highest BCUT2D eigenvalue weighted by Gasteiger charge is 2.20. The van der Waals surface area contributed by atoms with Gasteiger partial charge in [0, 0.05) is 5.69 Å². The Kier molecular flexibility index (Phi) is 5.18. The van der Waals surface area contributed by atoms with Crippen LogP contribution in [0.25, 0.3) is 0 Å². The Morgan fingerprint density at radius 3 is 2.29 bits per heavy atom. The minimum Gasteiger partial charge on any atom is -0.459 e. The molecule has 0 bridgehead atoms. The summed E-state index contributed by atoms with van der Waals surface area (Å²) in [7, 11) is -4.30. The molecule has 0 saturated heterocycles. The predicted molar refractivity (Wildman–Crippen MR) is 84.2 cm³/mol. The molecule has 2 aromatic rings. The van der Waals surface area contributed by atoms with Gasteiger partial charge in [-0.1, -0.05) is 0 Å². The minimum atomic E-state index is -4.30. The molecule has 0 saturated carbocycles. The zero-order valence-corrected chi connectivity index (χ0v) is 13.7. The first-order valence-corrected chi connectivity index (χ1v) is 8.46. The Labute approximate surface area is 138 Å². The van der Waals surface area contributed by atoms with Gasteiger partial charge in [0.05, 0.1) is 11.7 Å². The molecule has 8 heteroatoms. The summed E-state index contributed by atoms with van der Waals surface area (Å²) < 4.78 is 58.2.